The van der Waals surface area contributed by atoms with Crippen molar-refractivity contribution in [1.82, 2.24) is 0 Å². The minimum Gasteiger partial charge on any atom is -0.493 e. The second-order valence-electron chi connectivity index (χ2n) is 6.71. The predicted molar refractivity (Wildman–Crippen MR) is 124 cm³/mol. The molecule has 0 radical (unpaired) electrons. The van der Waals surface area contributed by atoms with Crippen molar-refractivity contribution in [3.05, 3.63) is 89.5 Å². The number of alkyl halides is 2. The summed E-state index contributed by atoms with van der Waals surface area (Å²) in [4.78, 5) is 12.9. The Bertz CT molecular complexity index is 1160. The summed E-state index contributed by atoms with van der Waals surface area (Å²) >= 11 is 0.413. The zero-order valence-corrected chi connectivity index (χ0v) is 18.4. The van der Waals surface area contributed by atoms with Crippen LogP contribution in [0.2, 0.25) is 0 Å². The molecule has 0 atom stereocenters. The molecule has 0 heterocycles. The first-order valence-electron chi connectivity index (χ1n) is 9.81. The van der Waals surface area contributed by atoms with Crippen LogP contribution in [-0.2, 0) is 11.4 Å². The molecule has 8 heteroatoms. The smallest absolute Gasteiger partial charge is 0.288 e. The Labute approximate surface area is 194 Å². The van der Waals surface area contributed by atoms with Gasteiger partial charge in [0.15, 0.2) is 11.5 Å². The number of hydrogen-bond donors (Lipinski definition) is 1. The highest BCUT2D eigenvalue weighted by molar-refractivity contribution is 7.99. The SMILES string of the molecule is COc1cc(/C=C(\C#N)C(=O)Nc2ccc(SC(F)F)cc2)ccc1OCc1ccccc1. The fraction of sp³-hybridized carbons (Fsp3) is 0.120. The van der Waals surface area contributed by atoms with Gasteiger partial charge >= 0.3 is 0 Å². The van der Waals surface area contributed by atoms with Crippen molar-refractivity contribution >= 4 is 29.4 Å². The molecule has 0 spiro atoms. The number of thioether (sulfide) groups is 1. The molecule has 0 aliphatic heterocycles. The number of anilines is 1. The molecule has 0 aliphatic rings. The summed E-state index contributed by atoms with van der Waals surface area (Å²) in [6, 6.07) is 22.6. The normalized spacial score (nSPS) is 11.1. The Balaban J connectivity index is 1.70. The number of benzene rings is 3. The molecule has 0 unspecified atom stereocenters. The Kier molecular flexibility index (Phi) is 8.44. The summed E-state index contributed by atoms with van der Waals surface area (Å²) in [5, 5.41) is 12.0. The minimum absolute atomic E-state index is 0.124. The van der Waals surface area contributed by atoms with Gasteiger partial charge in [0.1, 0.15) is 18.2 Å². The highest BCUT2D eigenvalue weighted by Gasteiger charge is 2.12. The molecule has 0 aromatic heterocycles. The van der Waals surface area contributed by atoms with Crippen LogP contribution in [0.25, 0.3) is 6.08 Å². The number of nitrogens with zero attached hydrogens (tertiary/aromatic N) is 1. The van der Waals surface area contributed by atoms with Crippen molar-refractivity contribution in [3.8, 4) is 17.6 Å². The van der Waals surface area contributed by atoms with Gasteiger partial charge in [0.2, 0.25) is 0 Å². The van der Waals surface area contributed by atoms with Crippen molar-refractivity contribution in [2.75, 3.05) is 12.4 Å². The van der Waals surface area contributed by atoms with Gasteiger partial charge in [-0.3, -0.25) is 4.79 Å². The highest BCUT2D eigenvalue weighted by atomic mass is 32.2. The topological polar surface area (TPSA) is 71.3 Å². The second-order valence-corrected chi connectivity index (χ2v) is 7.77. The van der Waals surface area contributed by atoms with Crippen molar-refractivity contribution in [2.24, 2.45) is 0 Å². The van der Waals surface area contributed by atoms with E-state index >= 15 is 0 Å². The zero-order chi connectivity index (χ0) is 23.6. The lowest BCUT2D eigenvalue weighted by Crippen LogP contribution is -2.13. The van der Waals surface area contributed by atoms with Crippen molar-refractivity contribution in [2.45, 2.75) is 17.3 Å². The van der Waals surface area contributed by atoms with E-state index in [1.165, 1.54) is 37.5 Å². The van der Waals surface area contributed by atoms with Gasteiger partial charge in [0, 0.05) is 10.6 Å². The molecule has 168 valence electrons. The summed E-state index contributed by atoms with van der Waals surface area (Å²) in [6.07, 6.45) is 1.43. The van der Waals surface area contributed by atoms with Crippen LogP contribution in [0.4, 0.5) is 14.5 Å². The third-order valence-electron chi connectivity index (χ3n) is 4.44. The molecule has 3 aromatic rings. The fourth-order valence-corrected chi connectivity index (χ4v) is 3.36. The van der Waals surface area contributed by atoms with Crippen molar-refractivity contribution in [1.29, 1.82) is 5.26 Å². The molecule has 0 saturated heterocycles. The van der Waals surface area contributed by atoms with E-state index in [4.69, 9.17) is 9.47 Å². The Hall–Kier alpha value is -3.83. The maximum Gasteiger partial charge on any atom is 0.288 e. The first kappa shape index (κ1) is 23.8. The highest BCUT2D eigenvalue weighted by Crippen LogP contribution is 2.30. The van der Waals surface area contributed by atoms with Gasteiger partial charge in [-0.05, 0) is 53.6 Å². The van der Waals surface area contributed by atoms with E-state index in [0.29, 0.717) is 46.0 Å². The molecule has 33 heavy (non-hydrogen) atoms. The molecule has 0 fully saturated rings. The Morgan fingerprint density at radius 1 is 1.09 bits per heavy atom. The second kappa shape index (κ2) is 11.7. The Morgan fingerprint density at radius 2 is 1.82 bits per heavy atom. The first-order chi connectivity index (χ1) is 16.0. The third-order valence-corrected chi connectivity index (χ3v) is 5.16. The molecule has 0 bridgehead atoms. The molecular weight excluding hydrogens is 446 g/mol. The quantitative estimate of drug-likeness (QED) is 0.233. The van der Waals surface area contributed by atoms with Gasteiger partial charge in [-0.2, -0.15) is 14.0 Å². The maximum atomic E-state index is 12.5. The van der Waals surface area contributed by atoms with Crippen LogP contribution >= 0.6 is 11.8 Å². The lowest BCUT2D eigenvalue weighted by Gasteiger charge is -2.11. The third kappa shape index (κ3) is 7.09. The van der Waals surface area contributed by atoms with Gasteiger partial charge in [-0.25, -0.2) is 0 Å². The standard InChI is InChI=1S/C25H20F2N2O3S/c1-31-23-14-18(7-12-22(23)32-16-17-5-3-2-4-6-17)13-19(15-28)24(30)29-20-8-10-21(11-9-20)33-25(26)27/h2-14,25H,16H2,1H3,(H,29,30)/b19-13+. The van der Waals surface area contributed by atoms with Crippen LogP contribution < -0.4 is 14.8 Å². The number of ether oxygens (including phenoxy) is 2. The lowest BCUT2D eigenvalue weighted by molar-refractivity contribution is -0.112. The number of carbonyl (C=O) groups excluding carboxylic acids is 1. The van der Waals surface area contributed by atoms with Crippen LogP contribution in [-0.4, -0.2) is 18.8 Å². The summed E-state index contributed by atoms with van der Waals surface area (Å²) in [5.74, 6) is -2.14. The summed E-state index contributed by atoms with van der Waals surface area (Å²) < 4.78 is 36.1. The molecule has 0 saturated carbocycles. The number of nitrogens with one attached hydrogen (secondary N) is 1. The molecular formula is C25H20F2N2O3S. The van der Waals surface area contributed by atoms with Crippen LogP contribution in [0.3, 0.4) is 0 Å². The van der Waals surface area contributed by atoms with E-state index in [-0.39, 0.29) is 5.57 Å². The number of amides is 1. The van der Waals surface area contributed by atoms with Gasteiger partial charge in [0.05, 0.1) is 7.11 Å². The molecule has 3 aromatic carbocycles. The predicted octanol–water partition coefficient (Wildman–Crippen LogP) is 6.13. The van der Waals surface area contributed by atoms with E-state index in [9.17, 15) is 18.8 Å². The van der Waals surface area contributed by atoms with Crippen LogP contribution in [0.15, 0.2) is 83.3 Å². The molecule has 5 nitrogen and oxygen atoms in total. The fourth-order valence-electron chi connectivity index (χ4n) is 2.86. The lowest BCUT2D eigenvalue weighted by atomic mass is 10.1. The van der Waals surface area contributed by atoms with Crippen LogP contribution in [0.5, 0.6) is 11.5 Å². The number of hydrogen-bond acceptors (Lipinski definition) is 5. The van der Waals surface area contributed by atoms with Crippen LogP contribution in [0.1, 0.15) is 11.1 Å². The van der Waals surface area contributed by atoms with E-state index in [0.717, 1.165) is 5.56 Å². The Morgan fingerprint density at radius 3 is 2.45 bits per heavy atom. The van der Waals surface area contributed by atoms with Gasteiger partial charge in [-0.15, -0.1) is 0 Å². The van der Waals surface area contributed by atoms with Crippen molar-refractivity contribution in [3.63, 3.8) is 0 Å². The molecule has 3 rings (SSSR count). The van der Waals surface area contributed by atoms with Gasteiger partial charge in [0.25, 0.3) is 11.7 Å². The van der Waals surface area contributed by atoms with Crippen molar-refractivity contribution < 1.29 is 23.0 Å². The summed E-state index contributed by atoms with van der Waals surface area (Å²) in [7, 11) is 1.51. The molecule has 1 amide bonds. The monoisotopic (exact) mass is 466 g/mol. The largest absolute Gasteiger partial charge is 0.493 e. The van der Waals surface area contributed by atoms with Gasteiger partial charge < -0.3 is 14.8 Å². The number of nitriles is 1. The molecule has 1 N–H and O–H groups in total. The van der Waals surface area contributed by atoms with Gasteiger partial charge in [-0.1, -0.05) is 48.2 Å². The average molecular weight is 467 g/mol. The maximum absolute atomic E-state index is 12.5. The number of halogens is 2. The summed E-state index contributed by atoms with van der Waals surface area (Å²) in [5.41, 5.74) is 1.85. The first-order valence-corrected chi connectivity index (χ1v) is 10.7. The van der Waals surface area contributed by atoms with E-state index in [1.54, 1.807) is 18.2 Å². The van der Waals surface area contributed by atoms with E-state index in [1.807, 2.05) is 36.4 Å². The number of rotatable bonds is 9. The average Bonchev–Trinajstić information content (AvgIpc) is 2.83. The zero-order valence-electron chi connectivity index (χ0n) is 17.6. The number of carbonyl (C=O) groups is 1. The summed E-state index contributed by atoms with van der Waals surface area (Å²) in [6.45, 7) is 0.368. The van der Waals surface area contributed by atoms with E-state index < -0.39 is 11.7 Å². The number of methoxy groups -OCH3 is 1. The minimum atomic E-state index is -2.52. The van der Waals surface area contributed by atoms with Crippen LogP contribution in [0, 0.1) is 11.3 Å². The van der Waals surface area contributed by atoms with E-state index in [2.05, 4.69) is 5.32 Å². The molecule has 0 aliphatic carbocycles.